The maximum Gasteiger partial charge on any atom is 0.340 e. The second-order valence-corrected chi connectivity index (χ2v) is 7.94. The Hall–Kier alpha value is -2.85. The van der Waals surface area contributed by atoms with E-state index in [1.54, 1.807) is 17.5 Å². The van der Waals surface area contributed by atoms with E-state index >= 15 is 0 Å². The summed E-state index contributed by atoms with van der Waals surface area (Å²) in [6.07, 6.45) is 4.39. The van der Waals surface area contributed by atoms with Crippen LogP contribution < -0.4 is 5.32 Å². The maximum atomic E-state index is 12.4. The van der Waals surface area contributed by atoms with Crippen LogP contribution in [-0.2, 0) is 29.5 Å². The highest BCUT2D eigenvalue weighted by Crippen LogP contribution is 2.25. The number of aromatic nitrogens is 4. The molecule has 3 aromatic rings. The highest BCUT2D eigenvalue weighted by atomic mass is 32.2. The molecule has 3 aromatic heterocycles. The molecule has 8 nitrogen and oxygen atoms in total. The van der Waals surface area contributed by atoms with Crippen molar-refractivity contribution in [1.29, 1.82) is 0 Å². The molecule has 0 radical (unpaired) electrons. The first-order chi connectivity index (χ1) is 14.0. The number of amides is 1. The molecular weight excluding hydrogens is 410 g/mol. The molecule has 1 amide bonds. The molecule has 0 aliphatic heterocycles. The number of thioether (sulfide) groups is 1. The van der Waals surface area contributed by atoms with Crippen LogP contribution >= 0.6 is 23.1 Å². The number of carbonyl (C=O) groups excluding carboxylic acids is 2. The van der Waals surface area contributed by atoms with Crippen molar-refractivity contribution in [3.8, 4) is 0 Å². The van der Waals surface area contributed by atoms with Gasteiger partial charge in [0.2, 0.25) is 5.91 Å². The summed E-state index contributed by atoms with van der Waals surface area (Å²) in [6.45, 7) is 4.35. The van der Waals surface area contributed by atoms with Gasteiger partial charge >= 0.3 is 5.97 Å². The second-order valence-electron chi connectivity index (χ2n) is 6.08. The molecule has 0 aliphatic rings. The molecule has 0 fully saturated rings. The van der Waals surface area contributed by atoms with Gasteiger partial charge < -0.3 is 19.2 Å². The molecule has 0 saturated carbocycles. The Morgan fingerprint density at radius 3 is 2.90 bits per heavy atom. The number of ether oxygens (including phenoxy) is 1. The number of aryl methyl sites for hydroxylation is 1. The summed E-state index contributed by atoms with van der Waals surface area (Å²) in [5.74, 6) is 0.226. The number of thiophene rings is 1. The van der Waals surface area contributed by atoms with Gasteiger partial charge in [0.25, 0.3) is 0 Å². The molecule has 10 heteroatoms. The van der Waals surface area contributed by atoms with E-state index in [1.807, 2.05) is 34.5 Å². The van der Waals surface area contributed by atoms with Gasteiger partial charge in [0.1, 0.15) is 10.8 Å². The number of carbonyl (C=O) groups is 2. The van der Waals surface area contributed by atoms with Crippen LogP contribution in [0.1, 0.15) is 21.9 Å². The maximum absolute atomic E-state index is 12.4. The van der Waals surface area contributed by atoms with E-state index in [-0.39, 0.29) is 11.7 Å². The molecule has 1 N–H and O–H groups in total. The van der Waals surface area contributed by atoms with Crippen LogP contribution in [0.25, 0.3) is 0 Å². The largest absolute Gasteiger partial charge is 0.465 e. The minimum absolute atomic E-state index is 0.137. The molecule has 29 heavy (non-hydrogen) atoms. The van der Waals surface area contributed by atoms with Crippen molar-refractivity contribution < 1.29 is 14.3 Å². The van der Waals surface area contributed by atoms with Crippen LogP contribution in [0.2, 0.25) is 0 Å². The van der Waals surface area contributed by atoms with Crippen molar-refractivity contribution in [3.05, 3.63) is 59.5 Å². The number of anilines is 1. The van der Waals surface area contributed by atoms with Crippen LogP contribution in [0, 0.1) is 0 Å². The minimum Gasteiger partial charge on any atom is -0.465 e. The molecule has 0 unspecified atom stereocenters. The fraction of sp³-hybridized carbons (Fsp3) is 0.263. The number of methoxy groups -OCH3 is 1. The normalized spacial score (nSPS) is 10.7. The minimum atomic E-state index is -0.481. The summed E-state index contributed by atoms with van der Waals surface area (Å²) in [5.41, 5.74) is 1.46. The van der Waals surface area contributed by atoms with Crippen LogP contribution in [-0.4, -0.2) is 44.1 Å². The summed E-state index contributed by atoms with van der Waals surface area (Å²) in [6, 6.07) is 5.64. The Balaban J connectivity index is 1.66. The van der Waals surface area contributed by atoms with Crippen molar-refractivity contribution >= 4 is 40.0 Å². The van der Waals surface area contributed by atoms with Gasteiger partial charge in [-0.05, 0) is 23.6 Å². The van der Waals surface area contributed by atoms with Gasteiger partial charge in [-0.2, -0.15) is 0 Å². The van der Waals surface area contributed by atoms with Gasteiger partial charge in [-0.25, -0.2) is 4.79 Å². The number of rotatable bonds is 9. The molecule has 0 bridgehead atoms. The SMILES string of the molecule is C=CCn1c(Cc2cccn2C)nnc1SCC(=O)Nc1sccc1C(=O)OC. The molecule has 0 spiro atoms. The van der Waals surface area contributed by atoms with Crippen LogP contribution in [0.15, 0.2) is 47.6 Å². The summed E-state index contributed by atoms with van der Waals surface area (Å²) in [5, 5.41) is 14.1. The number of hydrogen-bond donors (Lipinski definition) is 1. The van der Waals surface area contributed by atoms with Gasteiger partial charge in [-0.1, -0.05) is 17.8 Å². The van der Waals surface area contributed by atoms with E-state index in [0.717, 1.165) is 11.5 Å². The lowest BCUT2D eigenvalue weighted by Crippen LogP contribution is -2.16. The Kier molecular flexibility index (Phi) is 6.89. The first-order valence-electron chi connectivity index (χ1n) is 8.75. The zero-order chi connectivity index (χ0) is 20.8. The smallest absolute Gasteiger partial charge is 0.340 e. The van der Waals surface area contributed by atoms with E-state index in [9.17, 15) is 9.59 Å². The Morgan fingerprint density at radius 2 is 2.21 bits per heavy atom. The van der Waals surface area contributed by atoms with Gasteiger partial charge in [-0.15, -0.1) is 28.1 Å². The number of esters is 1. The first-order valence-corrected chi connectivity index (χ1v) is 10.6. The third-order valence-electron chi connectivity index (χ3n) is 4.15. The van der Waals surface area contributed by atoms with Crippen molar-refractivity contribution in [2.24, 2.45) is 7.05 Å². The predicted molar refractivity (Wildman–Crippen MR) is 113 cm³/mol. The second kappa shape index (κ2) is 9.57. The van der Waals surface area contributed by atoms with Gasteiger partial charge in [-0.3, -0.25) is 4.79 Å². The molecule has 0 atom stereocenters. The molecule has 0 saturated heterocycles. The third kappa shape index (κ3) is 4.96. The Labute approximate surface area is 176 Å². The highest BCUT2D eigenvalue weighted by Gasteiger charge is 2.18. The Morgan fingerprint density at radius 1 is 1.38 bits per heavy atom. The van der Waals surface area contributed by atoms with Crippen LogP contribution in [0.5, 0.6) is 0 Å². The van der Waals surface area contributed by atoms with E-state index in [4.69, 9.17) is 4.74 Å². The van der Waals surface area contributed by atoms with Gasteiger partial charge in [0, 0.05) is 31.9 Å². The van der Waals surface area contributed by atoms with E-state index in [1.165, 1.54) is 30.2 Å². The number of hydrogen-bond acceptors (Lipinski definition) is 7. The van der Waals surface area contributed by atoms with Crippen molar-refractivity contribution in [3.63, 3.8) is 0 Å². The highest BCUT2D eigenvalue weighted by molar-refractivity contribution is 7.99. The average molecular weight is 432 g/mol. The van der Waals surface area contributed by atoms with E-state index in [2.05, 4.69) is 22.1 Å². The van der Waals surface area contributed by atoms with Crippen LogP contribution in [0.3, 0.4) is 0 Å². The van der Waals surface area contributed by atoms with Gasteiger partial charge in [0.05, 0.1) is 18.4 Å². The van der Waals surface area contributed by atoms with Gasteiger partial charge in [0.15, 0.2) is 5.16 Å². The zero-order valence-corrected chi connectivity index (χ0v) is 17.8. The lowest BCUT2D eigenvalue weighted by Gasteiger charge is -2.09. The molecular formula is C19H21N5O3S2. The van der Waals surface area contributed by atoms with Crippen molar-refractivity contribution in [1.82, 2.24) is 19.3 Å². The molecule has 0 aromatic carbocycles. The topological polar surface area (TPSA) is 91.0 Å². The summed E-state index contributed by atoms with van der Waals surface area (Å²) in [4.78, 5) is 24.1. The monoisotopic (exact) mass is 431 g/mol. The lowest BCUT2D eigenvalue weighted by atomic mass is 10.3. The molecule has 152 valence electrons. The summed E-state index contributed by atoms with van der Waals surface area (Å²) in [7, 11) is 3.29. The number of nitrogens with one attached hydrogen (secondary N) is 1. The standard InChI is InChI=1S/C19H21N5O3S2/c1-4-8-24-15(11-13-6-5-9-23(13)2)21-22-19(24)29-12-16(25)20-17-14(7-10-28-17)18(26)27-3/h4-7,9-10H,1,8,11-12H2,2-3H3,(H,20,25). The van der Waals surface area contributed by atoms with Crippen molar-refractivity contribution in [2.75, 3.05) is 18.2 Å². The Bertz CT molecular complexity index is 1020. The number of allylic oxidation sites excluding steroid dienone is 1. The third-order valence-corrected chi connectivity index (χ3v) is 5.95. The molecule has 3 heterocycles. The number of nitrogens with zero attached hydrogens (tertiary/aromatic N) is 4. The lowest BCUT2D eigenvalue weighted by molar-refractivity contribution is -0.113. The first kappa shape index (κ1) is 20.9. The predicted octanol–water partition coefficient (Wildman–Crippen LogP) is 2.97. The quantitative estimate of drug-likeness (QED) is 0.318. The summed E-state index contributed by atoms with van der Waals surface area (Å²) >= 11 is 2.56. The zero-order valence-electron chi connectivity index (χ0n) is 16.1. The van der Waals surface area contributed by atoms with E-state index in [0.29, 0.717) is 28.7 Å². The molecule has 0 aliphatic carbocycles. The van der Waals surface area contributed by atoms with Crippen LogP contribution in [0.4, 0.5) is 5.00 Å². The average Bonchev–Trinajstić information content (AvgIpc) is 3.42. The van der Waals surface area contributed by atoms with Crippen molar-refractivity contribution in [2.45, 2.75) is 18.1 Å². The summed E-state index contributed by atoms with van der Waals surface area (Å²) < 4.78 is 8.70. The van der Waals surface area contributed by atoms with E-state index < -0.39 is 5.97 Å². The fourth-order valence-corrected chi connectivity index (χ4v) is 4.24. The molecule has 3 rings (SSSR count). The fourth-order valence-electron chi connectivity index (χ4n) is 2.68.